The van der Waals surface area contributed by atoms with Crippen LogP contribution in [0.25, 0.3) is 11.1 Å². The summed E-state index contributed by atoms with van der Waals surface area (Å²) in [6, 6.07) is 10.6. The van der Waals surface area contributed by atoms with Crippen molar-refractivity contribution in [2.75, 3.05) is 13.2 Å². The summed E-state index contributed by atoms with van der Waals surface area (Å²) in [7, 11) is 0. The zero-order chi connectivity index (χ0) is 24.8. The molecular formula is C28H30F4O2. The third kappa shape index (κ3) is 5.98. The second-order valence-corrected chi connectivity index (χ2v) is 8.57. The van der Waals surface area contributed by atoms with Crippen molar-refractivity contribution in [3.63, 3.8) is 0 Å². The molecule has 0 spiro atoms. The van der Waals surface area contributed by atoms with Crippen LogP contribution in [-0.4, -0.2) is 19.3 Å². The minimum Gasteiger partial charge on any atom is -0.491 e. The topological polar surface area (TPSA) is 18.5 Å². The Morgan fingerprint density at radius 2 is 1.56 bits per heavy atom. The van der Waals surface area contributed by atoms with Gasteiger partial charge in [0.05, 0.1) is 19.3 Å². The first kappa shape index (κ1) is 25.8. The Labute approximate surface area is 198 Å². The molecule has 0 aromatic heterocycles. The van der Waals surface area contributed by atoms with Crippen molar-refractivity contribution in [1.29, 1.82) is 0 Å². The Hall–Kier alpha value is -2.86. The van der Waals surface area contributed by atoms with E-state index in [1.807, 2.05) is 19.1 Å². The smallest absolute Gasteiger partial charge is 0.200 e. The molecule has 0 atom stereocenters. The van der Waals surface area contributed by atoms with Crippen molar-refractivity contribution < 1.29 is 27.0 Å². The average molecular weight is 475 g/mol. The monoisotopic (exact) mass is 474 g/mol. The number of benzene rings is 2. The SMILES string of the molecule is C=C(COC1CCC(c2ccc(-c3ccc(C)cc3)c(F)c2F)CC1)/C(F)=C(/F)C(=C)OCC. The maximum Gasteiger partial charge on any atom is 0.200 e. The molecule has 2 aromatic rings. The molecular weight excluding hydrogens is 444 g/mol. The van der Waals surface area contributed by atoms with Crippen LogP contribution in [0.1, 0.15) is 49.7 Å². The highest BCUT2D eigenvalue weighted by molar-refractivity contribution is 5.65. The largest absolute Gasteiger partial charge is 0.491 e. The van der Waals surface area contributed by atoms with Gasteiger partial charge in [-0.3, -0.25) is 0 Å². The molecule has 3 rings (SSSR count). The van der Waals surface area contributed by atoms with E-state index >= 15 is 0 Å². The van der Waals surface area contributed by atoms with Gasteiger partial charge in [-0.05, 0) is 56.6 Å². The summed E-state index contributed by atoms with van der Waals surface area (Å²) >= 11 is 0. The minimum absolute atomic E-state index is 0.131. The number of allylic oxidation sites excluding steroid dienone is 1. The molecule has 0 amide bonds. The summed E-state index contributed by atoms with van der Waals surface area (Å²) in [5.41, 5.74) is 2.14. The maximum atomic E-state index is 14.9. The Morgan fingerprint density at radius 1 is 0.912 bits per heavy atom. The van der Waals surface area contributed by atoms with E-state index in [-0.39, 0.29) is 42.1 Å². The van der Waals surface area contributed by atoms with Crippen molar-refractivity contribution >= 4 is 0 Å². The molecule has 0 heterocycles. The molecule has 0 radical (unpaired) electrons. The van der Waals surface area contributed by atoms with Gasteiger partial charge in [-0.1, -0.05) is 55.1 Å². The van der Waals surface area contributed by atoms with Crippen molar-refractivity contribution in [2.45, 2.75) is 51.6 Å². The second kappa shape index (κ2) is 11.5. The lowest BCUT2D eigenvalue weighted by molar-refractivity contribution is 0.0380. The van der Waals surface area contributed by atoms with Gasteiger partial charge in [-0.25, -0.2) is 13.2 Å². The molecule has 1 aliphatic rings. The Morgan fingerprint density at radius 3 is 2.18 bits per heavy atom. The van der Waals surface area contributed by atoms with Gasteiger partial charge in [0.15, 0.2) is 29.0 Å². The van der Waals surface area contributed by atoms with E-state index in [1.54, 1.807) is 31.2 Å². The van der Waals surface area contributed by atoms with Gasteiger partial charge in [0, 0.05) is 11.1 Å². The van der Waals surface area contributed by atoms with E-state index in [0.717, 1.165) is 5.56 Å². The van der Waals surface area contributed by atoms with Crippen LogP contribution in [-0.2, 0) is 9.47 Å². The normalized spacial score (nSPS) is 18.9. The summed E-state index contributed by atoms with van der Waals surface area (Å²) in [6.07, 6.45) is 2.20. The predicted molar refractivity (Wildman–Crippen MR) is 127 cm³/mol. The molecule has 1 fully saturated rings. The van der Waals surface area contributed by atoms with Crippen LogP contribution in [0.3, 0.4) is 0 Å². The predicted octanol–water partition coefficient (Wildman–Crippen LogP) is 8.24. The first-order valence-electron chi connectivity index (χ1n) is 11.4. The van der Waals surface area contributed by atoms with E-state index < -0.39 is 23.3 Å². The highest BCUT2D eigenvalue weighted by Crippen LogP contribution is 2.38. The molecule has 2 aromatic carbocycles. The number of rotatable bonds is 9. The van der Waals surface area contributed by atoms with Crippen molar-refractivity contribution in [3.05, 3.63) is 95.3 Å². The molecule has 2 nitrogen and oxygen atoms in total. The summed E-state index contributed by atoms with van der Waals surface area (Å²) < 4.78 is 68.5. The highest BCUT2D eigenvalue weighted by Gasteiger charge is 2.27. The zero-order valence-corrected chi connectivity index (χ0v) is 19.6. The number of halogens is 4. The number of ether oxygens (including phenoxy) is 2. The van der Waals surface area contributed by atoms with E-state index in [2.05, 4.69) is 13.2 Å². The Kier molecular flexibility index (Phi) is 8.72. The number of hydrogen-bond acceptors (Lipinski definition) is 2. The van der Waals surface area contributed by atoms with Gasteiger partial charge in [-0.15, -0.1) is 0 Å². The lowest BCUT2D eigenvalue weighted by Crippen LogP contribution is -2.22. The molecule has 182 valence electrons. The van der Waals surface area contributed by atoms with Gasteiger partial charge in [0.2, 0.25) is 0 Å². The lowest BCUT2D eigenvalue weighted by atomic mass is 9.82. The Bertz CT molecular complexity index is 1060. The van der Waals surface area contributed by atoms with E-state index in [4.69, 9.17) is 9.47 Å². The van der Waals surface area contributed by atoms with Gasteiger partial charge >= 0.3 is 0 Å². The van der Waals surface area contributed by atoms with Crippen LogP contribution in [0.5, 0.6) is 0 Å². The van der Waals surface area contributed by atoms with Crippen molar-refractivity contribution in [3.8, 4) is 11.1 Å². The number of hydrogen-bond donors (Lipinski definition) is 0. The molecule has 0 N–H and O–H groups in total. The molecule has 0 bridgehead atoms. The summed E-state index contributed by atoms with van der Waals surface area (Å²) in [5.74, 6) is -4.50. The third-order valence-corrected chi connectivity index (χ3v) is 6.15. The van der Waals surface area contributed by atoms with Crippen LogP contribution in [0.15, 0.2) is 72.5 Å². The number of aryl methyl sites for hydroxylation is 1. The van der Waals surface area contributed by atoms with Gasteiger partial charge < -0.3 is 9.47 Å². The zero-order valence-electron chi connectivity index (χ0n) is 19.6. The van der Waals surface area contributed by atoms with E-state index in [0.29, 0.717) is 36.8 Å². The molecule has 0 aliphatic heterocycles. The highest BCUT2D eigenvalue weighted by atomic mass is 19.2. The standard InChI is InChI=1S/C28H30F4O2/c1-5-33-19(4)26(30)25(29)18(3)16-34-22-12-10-21(11-13-22)24-15-14-23(27(31)28(24)32)20-8-6-17(2)7-9-20/h6-9,14-15,21-22H,3-5,10-13,16H2,1-2H3/b26-25-. The molecule has 6 heteroatoms. The van der Waals surface area contributed by atoms with Crippen LogP contribution >= 0.6 is 0 Å². The van der Waals surface area contributed by atoms with E-state index in [1.165, 1.54) is 0 Å². The van der Waals surface area contributed by atoms with Gasteiger partial charge in [0.25, 0.3) is 0 Å². The summed E-state index contributed by atoms with van der Waals surface area (Å²) in [5, 5.41) is 0. The van der Waals surface area contributed by atoms with Crippen molar-refractivity contribution in [2.24, 2.45) is 0 Å². The summed E-state index contributed by atoms with van der Waals surface area (Å²) in [6.45, 7) is 10.4. The lowest BCUT2D eigenvalue weighted by Gasteiger charge is -2.29. The third-order valence-electron chi connectivity index (χ3n) is 6.15. The quantitative estimate of drug-likeness (QED) is 0.207. The second-order valence-electron chi connectivity index (χ2n) is 8.57. The first-order chi connectivity index (χ1) is 16.2. The fraction of sp³-hybridized carbons (Fsp3) is 0.357. The maximum absolute atomic E-state index is 14.9. The molecule has 0 saturated heterocycles. The van der Waals surface area contributed by atoms with Gasteiger partial charge in [-0.2, -0.15) is 4.39 Å². The molecule has 1 aliphatic carbocycles. The van der Waals surface area contributed by atoms with Crippen molar-refractivity contribution in [1.82, 2.24) is 0 Å². The van der Waals surface area contributed by atoms with Crippen LogP contribution in [0, 0.1) is 18.6 Å². The van der Waals surface area contributed by atoms with Crippen LogP contribution in [0.4, 0.5) is 17.6 Å². The van der Waals surface area contributed by atoms with E-state index in [9.17, 15) is 17.6 Å². The average Bonchev–Trinajstić information content (AvgIpc) is 2.84. The van der Waals surface area contributed by atoms with Crippen LogP contribution in [0.2, 0.25) is 0 Å². The summed E-state index contributed by atoms with van der Waals surface area (Å²) in [4.78, 5) is 0. The van der Waals surface area contributed by atoms with Gasteiger partial charge in [0.1, 0.15) is 0 Å². The van der Waals surface area contributed by atoms with Crippen LogP contribution < -0.4 is 0 Å². The first-order valence-corrected chi connectivity index (χ1v) is 11.4. The fourth-order valence-corrected chi connectivity index (χ4v) is 4.17. The molecule has 1 saturated carbocycles. The Balaban J connectivity index is 1.58. The fourth-order valence-electron chi connectivity index (χ4n) is 4.17. The molecule has 0 unspecified atom stereocenters. The minimum atomic E-state index is -1.19. The molecule has 34 heavy (non-hydrogen) atoms.